The minimum atomic E-state index is -0.584. The van der Waals surface area contributed by atoms with E-state index in [0.29, 0.717) is 57.5 Å². The van der Waals surface area contributed by atoms with Gasteiger partial charge in [-0.3, -0.25) is 4.79 Å². The summed E-state index contributed by atoms with van der Waals surface area (Å²) < 4.78 is 23.6. The number of allylic oxidation sites excluding steroid dienone is 1. The molecule has 0 fully saturated rings. The first-order valence-corrected chi connectivity index (χ1v) is 11.2. The van der Waals surface area contributed by atoms with Gasteiger partial charge >= 0.3 is 0 Å². The fourth-order valence-corrected chi connectivity index (χ4v) is 4.20. The van der Waals surface area contributed by atoms with Crippen LogP contribution in [0.4, 0.5) is 11.6 Å². The lowest BCUT2D eigenvalue weighted by Gasteiger charge is -2.29. The SMILES string of the molecule is CCOc1cc([C@H]2C(C(=O)Nc3cc(OC)c(Cl)cc3OC)=C(C)Nc3ncnn32)ccc1OC. The molecule has 2 aromatic carbocycles. The maximum absolute atomic E-state index is 13.7. The van der Waals surface area contributed by atoms with Crippen molar-refractivity contribution in [3.8, 4) is 23.0 Å². The van der Waals surface area contributed by atoms with Gasteiger partial charge in [0, 0.05) is 17.8 Å². The van der Waals surface area contributed by atoms with Crippen molar-refractivity contribution in [3.05, 3.63) is 58.5 Å². The number of rotatable bonds is 8. The second-order valence-corrected chi connectivity index (χ2v) is 7.99. The molecular formula is C24H26ClN5O5. The molecule has 0 spiro atoms. The summed E-state index contributed by atoms with van der Waals surface area (Å²) in [5, 5.41) is 10.8. The van der Waals surface area contributed by atoms with Crippen LogP contribution in [0.25, 0.3) is 0 Å². The number of amides is 1. The molecule has 1 aromatic heterocycles. The topological polar surface area (TPSA) is 109 Å². The van der Waals surface area contributed by atoms with Crippen LogP contribution in [-0.2, 0) is 4.79 Å². The van der Waals surface area contributed by atoms with Gasteiger partial charge in [-0.25, -0.2) is 4.68 Å². The number of halogens is 1. The first kappa shape index (κ1) is 24.2. The van der Waals surface area contributed by atoms with Crippen LogP contribution >= 0.6 is 11.6 Å². The summed E-state index contributed by atoms with van der Waals surface area (Å²) in [6, 6.07) is 8.13. The number of hydrogen-bond donors (Lipinski definition) is 2. The highest BCUT2D eigenvalue weighted by atomic mass is 35.5. The lowest BCUT2D eigenvalue weighted by Crippen LogP contribution is -2.31. The number of aromatic nitrogens is 3. The summed E-state index contributed by atoms with van der Waals surface area (Å²) in [5.41, 5.74) is 2.24. The molecule has 1 amide bonds. The Labute approximate surface area is 207 Å². The van der Waals surface area contributed by atoms with Crippen LogP contribution in [0.3, 0.4) is 0 Å². The summed E-state index contributed by atoms with van der Waals surface area (Å²) >= 11 is 6.22. The molecule has 35 heavy (non-hydrogen) atoms. The predicted octanol–water partition coefficient (Wildman–Crippen LogP) is 4.28. The molecule has 3 aromatic rings. The van der Waals surface area contributed by atoms with E-state index < -0.39 is 6.04 Å². The average molecular weight is 500 g/mol. The van der Waals surface area contributed by atoms with Gasteiger partial charge in [-0.2, -0.15) is 10.1 Å². The summed E-state index contributed by atoms with van der Waals surface area (Å²) in [5.74, 6) is 2.11. The Bertz CT molecular complexity index is 1290. The van der Waals surface area contributed by atoms with Crippen molar-refractivity contribution in [3.63, 3.8) is 0 Å². The van der Waals surface area contributed by atoms with Gasteiger partial charge in [0.1, 0.15) is 23.9 Å². The van der Waals surface area contributed by atoms with E-state index in [2.05, 4.69) is 20.7 Å². The third kappa shape index (κ3) is 4.57. The molecule has 0 aliphatic carbocycles. The van der Waals surface area contributed by atoms with Crippen molar-refractivity contribution >= 4 is 29.1 Å². The lowest BCUT2D eigenvalue weighted by atomic mass is 9.94. The molecule has 0 radical (unpaired) electrons. The van der Waals surface area contributed by atoms with Crippen molar-refractivity contribution < 1.29 is 23.7 Å². The molecule has 1 aliphatic heterocycles. The molecule has 1 atom stereocenters. The Hall–Kier alpha value is -3.92. The summed E-state index contributed by atoms with van der Waals surface area (Å²) in [4.78, 5) is 18.0. The van der Waals surface area contributed by atoms with E-state index in [1.807, 2.05) is 26.0 Å². The number of anilines is 2. The van der Waals surface area contributed by atoms with Crippen molar-refractivity contribution in [2.45, 2.75) is 19.9 Å². The van der Waals surface area contributed by atoms with Crippen LogP contribution in [0.2, 0.25) is 5.02 Å². The third-order valence-corrected chi connectivity index (χ3v) is 5.86. The maximum Gasteiger partial charge on any atom is 0.255 e. The zero-order valence-corrected chi connectivity index (χ0v) is 20.8. The number of nitrogens with one attached hydrogen (secondary N) is 2. The smallest absolute Gasteiger partial charge is 0.255 e. The van der Waals surface area contributed by atoms with Gasteiger partial charge < -0.3 is 29.6 Å². The second-order valence-electron chi connectivity index (χ2n) is 7.58. The van der Waals surface area contributed by atoms with E-state index >= 15 is 0 Å². The number of methoxy groups -OCH3 is 3. The van der Waals surface area contributed by atoms with E-state index in [-0.39, 0.29) is 5.91 Å². The van der Waals surface area contributed by atoms with Gasteiger partial charge in [-0.1, -0.05) is 17.7 Å². The molecule has 0 bridgehead atoms. The number of nitrogens with zero attached hydrogens (tertiary/aromatic N) is 3. The molecule has 2 heterocycles. The van der Waals surface area contributed by atoms with E-state index in [4.69, 9.17) is 30.5 Å². The number of carbonyl (C=O) groups excluding carboxylic acids is 1. The Morgan fingerprint density at radius 3 is 2.51 bits per heavy atom. The van der Waals surface area contributed by atoms with Crippen LogP contribution in [0.15, 0.2) is 47.9 Å². The first-order chi connectivity index (χ1) is 16.9. The van der Waals surface area contributed by atoms with Crippen LogP contribution in [-0.4, -0.2) is 48.6 Å². The molecule has 0 saturated heterocycles. The molecule has 10 nitrogen and oxygen atoms in total. The zero-order chi connectivity index (χ0) is 25.1. The lowest BCUT2D eigenvalue weighted by molar-refractivity contribution is -0.113. The fraction of sp³-hybridized carbons (Fsp3) is 0.292. The number of hydrogen-bond acceptors (Lipinski definition) is 8. The Kier molecular flexibility index (Phi) is 7.02. The van der Waals surface area contributed by atoms with E-state index in [9.17, 15) is 4.79 Å². The van der Waals surface area contributed by atoms with Crippen molar-refractivity contribution in [2.75, 3.05) is 38.6 Å². The highest BCUT2D eigenvalue weighted by Crippen LogP contribution is 2.40. The molecule has 1 aliphatic rings. The largest absolute Gasteiger partial charge is 0.495 e. The Morgan fingerprint density at radius 2 is 1.83 bits per heavy atom. The van der Waals surface area contributed by atoms with Crippen molar-refractivity contribution in [1.29, 1.82) is 0 Å². The molecule has 184 valence electrons. The van der Waals surface area contributed by atoms with Gasteiger partial charge in [0.05, 0.1) is 44.2 Å². The summed E-state index contributed by atoms with van der Waals surface area (Å²) in [6.45, 7) is 4.16. The normalized spacial score (nSPS) is 14.6. The third-order valence-electron chi connectivity index (χ3n) is 5.56. The number of benzene rings is 2. The highest BCUT2D eigenvalue weighted by Gasteiger charge is 2.34. The first-order valence-electron chi connectivity index (χ1n) is 10.8. The molecule has 0 unspecified atom stereocenters. The zero-order valence-electron chi connectivity index (χ0n) is 20.0. The van der Waals surface area contributed by atoms with Crippen molar-refractivity contribution in [1.82, 2.24) is 14.8 Å². The number of fused-ring (bicyclic) bond motifs is 1. The van der Waals surface area contributed by atoms with Gasteiger partial charge in [0.2, 0.25) is 5.95 Å². The highest BCUT2D eigenvalue weighted by molar-refractivity contribution is 6.32. The minimum Gasteiger partial charge on any atom is -0.495 e. The van der Waals surface area contributed by atoms with Crippen LogP contribution < -0.4 is 29.6 Å². The second kappa shape index (κ2) is 10.1. The van der Waals surface area contributed by atoms with Crippen LogP contribution in [0.1, 0.15) is 25.5 Å². The molecule has 0 saturated carbocycles. The number of ether oxygens (including phenoxy) is 4. The fourth-order valence-electron chi connectivity index (χ4n) is 3.97. The van der Waals surface area contributed by atoms with Gasteiger partial charge in [-0.05, 0) is 31.5 Å². The monoisotopic (exact) mass is 499 g/mol. The van der Waals surface area contributed by atoms with E-state index in [0.717, 1.165) is 5.56 Å². The quantitative estimate of drug-likeness (QED) is 0.472. The molecular weight excluding hydrogens is 474 g/mol. The van der Waals surface area contributed by atoms with E-state index in [1.165, 1.54) is 20.5 Å². The number of carbonyl (C=O) groups is 1. The summed E-state index contributed by atoms with van der Waals surface area (Å²) in [7, 11) is 4.57. The average Bonchev–Trinajstić information content (AvgIpc) is 3.32. The van der Waals surface area contributed by atoms with E-state index in [1.54, 1.807) is 30.0 Å². The predicted molar refractivity (Wildman–Crippen MR) is 132 cm³/mol. The van der Waals surface area contributed by atoms with Crippen molar-refractivity contribution in [2.24, 2.45) is 0 Å². The summed E-state index contributed by atoms with van der Waals surface area (Å²) in [6.07, 6.45) is 1.43. The Morgan fingerprint density at radius 1 is 1.09 bits per heavy atom. The molecule has 2 N–H and O–H groups in total. The maximum atomic E-state index is 13.7. The van der Waals surface area contributed by atoms with Crippen LogP contribution in [0.5, 0.6) is 23.0 Å². The standard InChI is InChI=1S/C24H26ClN5O5/c1-6-35-20-9-14(7-8-17(20)32-3)22-21(13(2)28-24-26-12-27-30(22)24)23(31)29-16-11-18(33-4)15(25)10-19(16)34-5/h7-12,22H,6H2,1-5H3,(H,29,31)(H,26,27,28)/t22-/m0/s1. The van der Waals surface area contributed by atoms with Gasteiger partial charge in [0.15, 0.2) is 11.5 Å². The minimum absolute atomic E-state index is 0.363. The Balaban J connectivity index is 1.79. The van der Waals surface area contributed by atoms with Crippen LogP contribution in [0, 0.1) is 0 Å². The van der Waals surface area contributed by atoms with Gasteiger partial charge in [0.25, 0.3) is 5.91 Å². The molecule has 4 rings (SSSR count). The van der Waals surface area contributed by atoms with Gasteiger partial charge in [-0.15, -0.1) is 0 Å². The molecule has 11 heteroatoms.